The van der Waals surface area contributed by atoms with Gasteiger partial charge in [-0.15, -0.1) is 0 Å². The number of morpholine rings is 1. The van der Waals surface area contributed by atoms with Gasteiger partial charge in [0, 0.05) is 38.5 Å². The van der Waals surface area contributed by atoms with Crippen molar-refractivity contribution in [3.8, 4) is 0 Å². The lowest BCUT2D eigenvalue weighted by molar-refractivity contribution is -0.0602. The van der Waals surface area contributed by atoms with Crippen LogP contribution in [0.1, 0.15) is 18.0 Å². The molecule has 3 rings (SSSR count). The van der Waals surface area contributed by atoms with Crippen molar-refractivity contribution in [3.05, 3.63) is 18.0 Å². The number of nitrogens with one attached hydrogen (secondary N) is 2. The minimum Gasteiger partial charge on any atom is -0.379 e. The summed E-state index contributed by atoms with van der Waals surface area (Å²) in [7, 11) is 3.97. The summed E-state index contributed by atoms with van der Waals surface area (Å²) in [5.41, 5.74) is 1.10. The van der Waals surface area contributed by atoms with E-state index in [0.29, 0.717) is 26.4 Å². The van der Waals surface area contributed by atoms with Crippen LogP contribution < -0.4 is 10.6 Å². The first-order valence-electron chi connectivity index (χ1n) is 8.06. The van der Waals surface area contributed by atoms with Crippen LogP contribution in [0.4, 0.5) is 4.79 Å². The van der Waals surface area contributed by atoms with Crippen molar-refractivity contribution < 1.29 is 14.3 Å². The van der Waals surface area contributed by atoms with Crippen LogP contribution in [0.2, 0.25) is 0 Å². The van der Waals surface area contributed by atoms with Gasteiger partial charge >= 0.3 is 6.03 Å². The first-order chi connectivity index (χ1) is 11.1. The van der Waals surface area contributed by atoms with Crippen molar-refractivity contribution >= 4 is 6.03 Å². The van der Waals surface area contributed by atoms with Crippen LogP contribution in [0.3, 0.4) is 0 Å². The van der Waals surface area contributed by atoms with Gasteiger partial charge in [0.1, 0.15) is 0 Å². The van der Waals surface area contributed by atoms with Gasteiger partial charge in [0.15, 0.2) is 0 Å². The lowest BCUT2D eigenvalue weighted by Gasteiger charge is -2.38. The molecule has 2 aliphatic rings. The summed E-state index contributed by atoms with van der Waals surface area (Å²) < 4.78 is 12.9. The second kappa shape index (κ2) is 7.29. The van der Waals surface area contributed by atoms with Gasteiger partial charge in [0.2, 0.25) is 0 Å². The van der Waals surface area contributed by atoms with Crippen LogP contribution in [0.5, 0.6) is 0 Å². The normalized spacial score (nSPS) is 28.7. The largest absolute Gasteiger partial charge is 0.379 e. The van der Waals surface area contributed by atoms with Crippen LogP contribution in [-0.2, 0) is 16.5 Å². The maximum absolute atomic E-state index is 12.0. The third-order valence-corrected chi connectivity index (χ3v) is 4.40. The fraction of sp³-hybridized carbons (Fsp3) is 0.733. The lowest BCUT2D eigenvalue weighted by atomic mass is 10.0. The number of rotatable bonds is 4. The Balaban J connectivity index is 1.56. The molecule has 0 saturated carbocycles. The number of likely N-dealkylation sites (N-methyl/N-ethyl adjacent to an activating group) is 1. The smallest absolute Gasteiger partial charge is 0.315 e. The van der Waals surface area contributed by atoms with E-state index in [4.69, 9.17) is 9.47 Å². The first-order valence-corrected chi connectivity index (χ1v) is 8.06. The monoisotopic (exact) mass is 323 g/mol. The molecule has 0 radical (unpaired) electrons. The highest BCUT2D eigenvalue weighted by Crippen LogP contribution is 2.27. The molecule has 2 saturated heterocycles. The summed E-state index contributed by atoms with van der Waals surface area (Å²) in [6.45, 7) is 3.29. The van der Waals surface area contributed by atoms with Crippen molar-refractivity contribution in [2.75, 3.05) is 40.0 Å². The number of aryl methyl sites for hydroxylation is 1. The van der Waals surface area contributed by atoms with Gasteiger partial charge in [-0.1, -0.05) is 0 Å². The number of ether oxygens (including phenoxy) is 2. The van der Waals surface area contributed by atoms with Gasteiger partial charge in [0.25, 0.3) is 0 Å². The summed E-state index contributed by atoms with van der Waals surface area (Å²) in [5.74, 6) is 0. The average molecular weight is 323 g/mol. The molecule has 128 valence electrons. The molecular weight excluding hydrogens is 298 g/mol. The summed E-state index contributed by atoms with van der Waals surface area (Å²) >= 11 is 0. The Morgan fingerprint density at radius 3 is 3.00 bits per heavy atom. The summed E-state index contributed by atoms with van der Waals surface area (Å²) in [4.78, 5) is 14.3. The molecule has 2 N–H and O–H groups in total. The zero-order valence-corrected chi connectivity index (χ0v) is 13.7. The molecule has 2 aliphatic heterocycles. The molecule has 0 bridgehead atoms. The van der Waals surface area contributed by atoms with Crippen molar-refractivity contribution in [2.45, 2.75) is 24.6 Å². The maximum atomic E-state index is 12.0. The van der Waals surface area contributed by atoms with Crippen LogP contribution in [-0.4, -0.2) is 72.8 Å². The fourth-order valence-corrected chi connectivity index (χ4v) is 3.17. The highest BCUT2D eigenvalue weighted by molar-refractivity contribution is 5.74. The van der Waals surface area contributed by atoms with Crippen LogP contribution >= 0.6 is 0 Å². The molecule has 23 heavy (non-hydrogen) atoms. The summed E-state index contributed by atoms with van der Waals surface area (Å²) in [6.07, 6.45) is 4.63. The maximum Gasteiger partial charge on any atom is 0.315 e. The van der Waals surface area contributed by atoms with Crippen molar-refractivity contribution in [3.63, 3.8) is 0 Å². The number of hydrogen-bond acceptors (Lipinski definition) is 5. The van der Waals surface area contributed by atoms with E-state index < -0.39 is 0 Å². The van der Waals surface area contributed by atoms with E-state index in [1.165, 1.54) is 0 Å². The van der Waals surface area contributed by atoms with Gasteiger partial charge in [-0.3, -0.25) is 9.58 Å². The van der Waals surface area contributed by atoms with Gasteiger partial charge < -0.3 is 20.1 Å². The van der Waals surface area contributed by atoms with Gasteiger partial charge in [0.05, 0.1) is 37.6 Å². The highest BCUT2D eigenvalue weighted by atomic mass is 16.5. The second-order valence-electron chi connectivity index (χ2n) is 6.20. The summed E-state index contributed by atoms with van der Waals surface area (Å²) in [6, 6.07) is 0.0360. The number of nitrogens with zero attached hydrogens (tertiary/aromatic N) is 3. The fourth-order valence-electron chi connectivity index (χ4n) is 3.17. The molecule has 1 aromatic heterocycles. The lowest BCUT2D eigenvalue weighted by Crippen LogP contribution is -2.50. The molecule has 0 spiro atoms. The third-order valence-electron chi connectivity index (χ3n) is 4.40. The minimum atomic E-state index is -0.165. The van der Waals surface area contributed by atoms with E-state index in [2.05, 4.69) is 27.7 Å². The van der Waals surface area contributed by atoms with E-state index >= 15 is 0 Å². The van der Waals surface area contributed by atoms with Crippen LogP contribution in [0.25, 0.3) is 0 Å². The average Bonchev–Trinajstić information content (AvgIpc) is 3.17. The Morgan fingerprint density at radius 2 is 2.30 bits per heavy atom. The number of hydrogen-bond donors (Lipinski definition) is 2. The molecule has 0 aromatic carbocycles. The molecule has 8 heteroatoms. The standard InChI is InChI=1S/C15H25N5O3/c1-19-4-6-23-13(14(19)11-7-17-20(2)9-11)8-16-15(21)18-12-3-5-22-10-12/h7,9,12-14H,3-6,8,10H2,1-2H3,(H2,16,18,21)/t12-,13+,14+/m0/s1. The number of amides is 2. The van der Waals surface area contributed by atoms with Crippen molar-refractivity contribution in [1.29, 1.82) is 0 Å². The predicted octanol–water partition coefficient (Wildman–Crippen LogP) is -0.120. The Bertz CT molecular complexity index is 529. The number of carbonyl (C=O) groups is 1. The molecule has 1 aromatic rings. The molecule has 3 atom stereocenters. The zero-order chi connectivity index (χ0) is 16.2. The molecule has 0 unspecified atom stereocenters. The number of urea groups is 1. The highest BCUT2D eigenvalue weighted by Gasteiger charge is 2.32. The van der Waals surface area contributed by atoms with Gasteiger partial charge in [-0.05, 0) is 13.5 Å². The van der Waals surface area contributed by atoms with Crippen LogP contribution in [0.15, 0.2) is 12.4 Å². The molecule has 3 heterocycles. The molecular formula is C15H25N5O3. The summed E-state index contributed by atoms with van der Waals surface area (Å²) in [5, 5.41) is 10.1. The molecule has 8 nitrogen and oxygen atoms in total. The second-order valence-corrected chi connectivity index (χ2v) is 6.20. The Labute approximate surface area is 136 Å². The minimum absolute atomic E-state index is 0.0903. The van der Waals surface area contributed by atoms with E-state index in [9.17, 15) is 4.79 Å². The van der Waals surface area contributed by atoms with Crippen LogP contribution in [0, 0.1) is 0 Å². The Kier molecular flexibility index (Phi) is 5.14. The Hall–Kier alpha value is -1.64. The van der Waals surface area contributed by atoms with E-state index in [-0.39, 0.29) is 24.2 Å². The SMILES string of the molecule is CN1CCO[C@H](CNC(=O)N[C@H]2CCOC2)[C@H]1c1cnn(C)c1. The molecule has 0 aliphatic carbocycles. The Morgan fingerprint density at radius 1 is 1.43 bits per heavy atom. The van der Waals surface area contributed by atoms with E-state index in [0.717, 1.165) is 18.5 Å². The number of carbonyl (C=O) groups excluding carboxylic acids is 1. The predicted molar refractivity (Wildman–Crippen MR) is 84.1 cm³/mol. The quantitative estimate of drug-likeness (QED) is 0.807. The molecule has 2 amide bonds. The number of aromatic nitrogens is 2. The molecule has 2 fully saturated rings. The van der Waals surface area contributed by atoms with E-state index in [1.807, 2.05) is 19.4 Å². The van der Waals surface area contributed by atoms with E-state index in [1.54, 1.807) is 4.68 Å². The third kappa shape index (κ3) is 4.01. The topological polar surface area (TPSA) is 80.7 Å². The van der Waals surface area contributed by atoms with Crippen molar-refractivity contribution in [1.82, 2.24) is 25.3 Å². The van der Waals surface area contributed by atoms with Gasteiger partial charge in [-0.2, -0.15) is 5.10 Å². The zero-order valence-electron chi connectivity index (χ0n) is 13.7. The first kappa shape index (κ1) is 16.2. The van der Waals surface area contributed by atoms with Crippen molar-refractivity contribution in [2.24, 2.45) is 7.05 Å². The van der Waals surface area contributed by atoms with Gasteiger partial charge in [-0.25, -0.2) is 4.79 Å².